The molecule has 0 amide bonds. The van der Waals surface area contributed by atoms with E-state index in [9.17, 15) is 13.5 Å². The minimum Gasteiger partial charge on any atom is -0.387 e. The van der Waals surface area contributed by atoms with E-state index in [0.29, 0.717) is 5.56 Å². The first kappa shape index (κ1) is 15.3. The maximum absolute atomic E-state index is 12.4. The number of hydrogen-bond acceptors (Lipinski definition) is 4. The number of rotatable bonds is 3. The van der Waals surface area contributed by atoms with Crippen molar-refractivity contribution in [2.45, 2.75) is 24.3 Å². The van der Waals surface area contributed by atoms with Gasteiger partial charge in [0.15, 0.2) is 0 Å². The van der Waals surface area contributed by atoms with E-state index in [0.717, 1.165) is 0 Å². The van der Waals surface area contributed by atoms with Gasteiger partial charge in [-0.25, -0.2) is 8.42 Å². The standard InChI is InChI=1S/C13H15ClN2O3S/c1-9(2)13(17)7-16(8-13)20(18,19)12-4-3-10(6-15)5-11(12)14/h3-5,9,17H,7-8H2,1-2H3. The van der Waals surface area contributed by atoms with E-state index >= 15 is 0 Å². The van der Waals surface area contributed by atoms with Crippen LogP contribution in [0.5, 0.6) is 0 Å². The summed E-state index contributed by atoms with van der Waals surface area (Å²) in [6, 6.07) is 5.95. The highest BCUT2D eigenvalue weighted by Crippen LogP contribution is 2.35. The first-order valence-electron chi connectivity index (χ1n) is 6.13. The van der Waals surface area contributed by atoms with E-state index in [2.05, 4.69) is 0 Å². The van der Waals surface area contributed by atoms with Gasteiger partial charge in [-0.05, 0) is 24.1 Å². The Bertz CT molecular complexity index is 673. The molecule has 0 spiro atoms. The van der Waals surface area contributed by atoms with E-state index in [1.165, 1.54) is 22.5 Å². The number of nitrogens with zero attached hydrogens (tertiary/aromatic N) is 2. The van der Waals surface area contributed by atoms with Gasteiger partial charge in [0, 0.05) is 13.1 Å². The molecule has 1 saturated heterocycles. The molecule has 7 heteroatoms. The Labute approximate surface area is 123 Å². The molecule has 0 unspecified atom stereocenters. The van der Waals surface area contributed by atoms with Gasteiger partial charge in [0.2, 0.25) is 10.0 Å². The molecule has 1 heterocycles. The highest BCUT2D eigenvalue weighted by atomic mass is 35.5. The van der Waals surface area contributed by atoms with Crippen LogP contribution in [0.3, 0.4) is 0 Å². The van der Waals surface area contributed by atoms with Crippen molar-refractivity contribution in [2.24, 2.45) is 5.92 Å². The minimum absolute atomic E-state index is 0.0176. The normalized spacial score (nSPS) is 18.6. The fourth-order valence-electron chi connectivity index (χ4n) is 2.02. The van der Waals surface area contributed by atoms with E-state index < -0.39 is 15.6 Å². The second kappa shape index (κ2) is 5.01. The lowest BCUT2D eigenvalue weighted by Crippen LogP contribution is -2.65. The summed E-state index contributed by atoms with van der Waals surface area (Å²) in [5.41, 5.74) is -0.678. The third-order valence-corrected chi connectivity index (χ3v) is 5.93. The van der Waals surface area contributed by atoms with Gasteiger partial charge in [-0.3, -0.25) is 0 Å². The molecule has 0 aromatic heterocycles. The first-order valence-corrected chi connectivity index (χ1v) is 7.95. The number of benzene rings is 1. The van der Waals surface area contributed by atoms with Crippen LogP contribution in [0.15, 0.2) is 23.1 Å². The maximum Gasteiger partial charge on any atom is 0.244 e. The Kier molecular flexibility index (Phi) is 3.82. The summed E-state index contributed by atoms with van der Waals surface area (Å²) in [6.07, 6.45) is 0. The molecule has 1 aromatic rings. The molecule has 5 nitrogen and oxygen atoms in total. The average molecular weight is 315 g/mol. The van der Waals surface area contributed by atoms with Crippen molar-refractivity contribution in [3.8, 4) is 6.07 Å². The van der Waals surface area contributed by atoms with Gasteiger partial charge in [0.25, 0.3) is 0 Å². The Morgan fingerprint density at radius 3 is 2.50 bits per heavy atom. The van der Waals surface area contributed by atoms with Crippen LogP contribution >= 0.6 is 11.6 Å². The molecule has 0 radical (unpaired) electrons. The van der Waals surface area contributed by atoms with Crippen molar-refractivity contribution >= 4 is 21.6 Å². The van der Waals surface area contributed by atoms with Crippen LogP contribution in [0, 0.1) is 17.2 Å². The van der Waals surface area contributed by atoms with Crippen LogP contribution in [-0.2, 0) is 10.0 Å². The smallest absolute Gasteiger partial charge is 0.244 e. The summed E-state index contributed by atoms with van der Waals surface area (Å²) in [7, 11) is -3.73. The SMILES string of the molecule is CC(C)C1(O)CN(S(=O)(=O)c2ccc(C#N)cc2Cl)C1. The number of sulfonamides is 1. The Hall–Kier alpha value is -1.13. The van der Waals surface area contributed by atoms with Crippen molar-refractivity contribution in [1.29, 1.82) is 5.26 Å². The average Bonchev–Trinajstić information content (AvgIpc) is 2.33. The van der Waals surface area contributed by atoms with Crippen LogP contribution < -0.4 is 0 Å². The molecule has 2 rings (SSSR count). The van der Waals surface area contributed by atoms with Crippen LogP contribution in [-0.4, -0.2) is 36.5 Å². The largest absolute Gasteiger partial charge is 0.387 e. The van der Waals surface area contributed by atoms with Crippen LogP contribution in [0.2, 0.25) is 5.02 Å². The zero-order chi connectivity index (χ0) is 15.1. The van der Waals surface area contributed by atoms with Gasteiger partial charge in [-0.2, -0.15) is 9.57 Å². The van der Waals surface area contributed by atoms with Gasteiger partial charge in [0.05, 0.1) is 22.3 Å². The van der Waals surface area contributed by atoms with Crippen molar-refractivity contribution in [3.63, 3.8) is 0 Å². The monoisotopic (exact) mass is 314 g/mol. The predicted octanol–water partition coefficient (Wildman–Crippen LogP) is 1.60. The number of aliphatic hydroxyl groups is 1. The highest BCUT2D eigenvalue weighted by molar-refractivity contribution is 7.89. The summed E-state index contributed by atoms with van der Waals surface area (Å²) >= 11 is 5.93. The Morgan fingerprint density at radius 1 is 1.45 bits per heavy atom. The van der Waals surface area contributed by atoms with Gasteiger partial charge in [0.1, 0.15) is 4.90 Å². The molecular formula is C13H15ClN2O3S. The second-order valence-electron chi connectivity index (χ2n) is 5.29. The third-order valence-electron chi connectivity index (χ3n) is 3.65. The minimum atomic E-state index is -3.73. The summed E-state index contributed by atoms with van der Waals surface area (Å²) in [5.74, 6) is -0.0228. The van der Waals surface area contributed by atoms with Crippen LogP contribution in [0.1, 0.15) is 19.4 Å². The molecule has 1 aliphatic rings. The highest BCUT2D eigenvalue weighted by Gasteiger charge is 2.49. The maximum atomic E-state index is 12.4. The summed E-state index contributed by atoms with van der Waals surface area (Å²) in [4.78, 5) is -0.0380. The molecule has 1 fully saturated rings. The molecule has 1 aliphatic heterocycles. The van der Waals surface area contributed by atoms with Crippen LogP contribution in [0.25, 0.3) is 0 Å². The van der Waals surface area contributed by atoms with Gasteiger partial charge < -0.3 is 5.11 Å². The van der Waals surface area contributed by atoms with E-state index in [1.807, 2.05) is 19.9 Å². The van der Waals surface area contributed by atoms with Crippen molar-refractivity contribution in [1.82, 2.24) is 4.31 Å². The summed E-state index contributed by atoms with van der Waals surface area (Å²) < 4.78 is 26.0. The summed E-state index contributed by atoms with van der Waals surface area (Å²) in [5, 5.41) is 18.9. The quantitative estimate of drug-likeness (QED) is 0.919. The Balaban J connectivity index is 2.28. The van der Waals surface area contributed by atoms with Gasteiger partial charge in [-0.1, -0.05) is 25.4 Å². The number of nitriles is 1. The summed E-state index contributed by atoms with van der Waals surface area (Å²) in [6.45, 7) is 3.81. The molecule has 0 bridgehead atoms. The second-order valence-corrected chi connectivity index (χ2v) is 7.60. The molecule has 0 saturated carbocycles. The topological polar surface area (TPSA) is 81.4 Å². The zero-order valence-corrected chi connectivity index (χ0v) is 12.7. The molecule has 108 valence electrons. The third kappa shape index (κ3) is 2.42. The van der Waals surface area contributed by atoms with Gasteiger partial charge in [-0.15, -0.1) is 0 Å². The predicted molar refractivity (Wildman–Crippen MR) is 74.7 cm³/mol. The van der Waals surface area contributed by atoms with Crippen LogP contribution in [0.4, 0.5) is 0 Å². The fraction of sp³-hybridized carbons (Fsp3) is 0.462. The molecule has 20 heavy (non-hydrogen) atoms. The Morgan fingerprint density at radius 2 is 2.05 bits per heavy atom. The van der Waals surface area contributed by atoms with E-state index in [4.69, 9.17) is 16.9 Å². The van der Waals surface area contributed by atoms with Crippen molar-refractivity contribution < 1.29 is 13.5 Å². The first-order chi connectivity index (χ1) is 9.20. The molecule has 1 aromatic carbocycles. The lowest BCUT2D eigenvalue weighted by atomic mass is 9.85. The number of hydrogen-bond donors (Lipinski definition) is 1. The lowest BCUT2D eigenvalue weighted by Gasteiger charge is -2.47. The molecular weight excluding hydrogens is 300 g/mol. The van der Waals surface area contributed by atoms with Crippen molar-refractivity contribution in [2.75, 3.05) is 13.1 Å². The van der Waals surface area contributed by atoms with E-state index in [1.54, 1.807) is 0 Å². The van der Waals surface area contributed by atoms with E-state index in [-0.39, 0.29) is 28.9 Å². The molecule has 0 atom stereocenters. The van der Waals surface area contributed by atoms with Crippen molar-refractivity contribution in [3.05, 3.63) is 28.8 Å². The van der Waals surface area contributed by atoms with Gasteiger partial charge >= 0.3 is 0 Å². The number of β-amino-alcohol motifs (C(OH)–C–C–N with tert-alkyl or cyclic N) is 1. The molecule has 0 aliphatic carbocycles. The zero-order valence-electron chi connectivity index (χ0n) is 11.2. The fourth-order valence-corrected chi connectivity index (χ4v) is 4.10. The molecule has 1 N–H and O–H groups in total. The lowest BCUT2D eigenvalue weighted by molar-refractivity contribution is -0.0932. The number of halogens is 1.